The van der Waals surface area contributed by atoms with Crippen LogP contribution < -0.4 is 9.47 Å². The summed E-state index contributed by atoms with van der Waals surface area (Å²) in [7, 11) is 3.34. The Labute approximate surface area is 113 Å². The molecule has 0 saturated carbocycles. The molecule has 0 aliphatic rings. The van der Waals surface area contributed by atoms with Gasteiger partial charge in [-0.1, -0.05) is 24.3 Å². The summed E-state index contributed by atoms with van der Waals surface area (Å²) < 4.78 is 11.1. The van der Waals surface area contributed by atoms with Crippen molar-refractivity contribution in [2.24, 2.45) is 0 Å². The summed E-state index contributed by atoms with van der Waals surface area (Å²) in [5.41, 5.74) is 2.09. The third-order valence-electron chi connectivity index (χ3n) is 3.40. The van der Waals surface area contributed by atoms with Crippen LogP contribution in [0.2, 0.25) is 0 Å². The molecule has 0 spiro atoms. The topological polar surface area (TPSA) is 35.5 Å². The summed E-state index contributed by atoms with van der Waals surface area (Å²) in [6.45, 7) is 2.01. The number of hydrogen-bond acceptors (Lipinski definition) is 3. The fourth-order valence-corrected chi connectivity index (χ4v) is 2.55. The van der Waals surface area contributed by atoms with Crippen molar-refractivity contribution < 1.29 is 14.3 Å². The molecular weight excluding hydrogens is 240 g/mol. The van der Waals surface area contributed by atoms with Crippen LogP contribution in [0.3, 0.4) is 0 Å². The molecule has 2 rings (SSSR count). The lowest BCUT2D eigenvalue weighted by atomic mass is 9.96. The first-order valence-electron chi connectivity index (χ1n) is 6.30. The Morgan fingerprint density at radius 2 is 1.63 bits per heavy atom. The minimum atomic E-state index is 0.485. The van der Waals surface area contributed by atoms with Crippen LogP contribution in [0.4, 0.5) is 0 Å². The third kappa shape index (κ3) is 2.28. The smallest absolute Gasteiger partial charge is 0.130 e. The number of hydrogen-bond donors (Lipinski definition) is 0. The Morgan fingerprint density at radius 3 is 2.16 bits per heavy atom. The van der Waals surface area contributed by atoms with Crippen molar-refractivity contribution in [1.29, 1.82) is 0 Å². The van der Waals surface area contributed by atoms with Crippen molar-refractivity contribution in [3.05, 3.63) is 35.4 Å². The number of benzene rings is 2. The fourth-order valence-electron chi connectivity index (χ4n) is 2.55. The molecule has 100 valence electrons. The van der Waals surface area contributed by atoms with Crippen LogP contribution in [-0.2, 0) is 11.2 Å². The van der Waals surface area contributed by atoms with Crippen LogP contribution in [0.15, 0.2) is 24.3 Å². The lowest BCUT2D eigenvalue weighted by molar-refractivity contribution is -0.107. The number of methoxy groups -OCH3 is 2. The highest BCUT2D eigenvalue weighted by Gasteiger charge is 2.17. The largest absolute Gasteiger partial charge is 0.496 e. The summed E-state index contributed by atoms with van der Waals surface area (Å²) >= 11 is 0. The number of aldehydes is 1. The van der Waals surface area contributed by atoms with Crippen LogP contribution in [0.1, 0.15) is 17.5 Å². The van der Waals surface area contributed by atoms with Gasteiger partial charge in [0.1, 0.15) is 17.8 Å². The van der Waals surface area contributed by atoms with Crippen LogP contribution in [-0.4, -0.2) is 20.5 Å². The maximum absolute atomic E-state index is 10.6. The molecule has 0 aromatic heterocycles. The molecule has 0 atom stereocenters. The molecule has 0 aliphatic heterocycles. The molecule has 3 heteroatoms. The quantitative estimate of drug-likeness (QED) is 0.772. The van der Waals surface area contributed by atoms with Gasteiger partial charge in [0, 0.05) is 22.8 Å². The predicted molar refractivity (Wildman–Crippen MR) is 76.2 cm³/mol. The van der Waals surface area contributed by atoms with Gasteiger partial charge in [0.15, 0.2) is 0 Å². The molecule has 0 amide bonds. The van der Waals surface area contributed by atoms with Crippen molar-refractivity contribution in [1.82, 2.24) is 0 Å². The minimum absolute atomic E-state index is 0.485. The maximum atomic E-state index is 10.6. The highest BCUT2D eigenvalue weighted by atomic mass is 16.5. The monoisotopic (exact) mass is 258 g/mol. The summed E-state index contributed by atoms with van der Waals surface area (Å²) in [6.07, 6.45) is 2.08. The van der Waals surface area contributed by atoms with E-state index in [9.17, 15) is 4.79 Å². The Kier molecular flexibility index (Phi) is 4.05. The second-order valence-electron chi connectivity index (χ2n) is 4.42. The molecule has 0 unspecified atom stereocenters. The molecule has 2 aromatic rings. The summed E-state index contributed by atoms with van der Waals surface area (Å²) in [6, 6.07) is 7.99. The summed E-state index contributed by atoms with van der Waals surface area (Å²) in [5.74, 6) is 1.70. The van der Waals surface area contributed by atoms with E-state index < -0.39 is 0 Å². The molecule has 0 aliphatic carbocycles. The average Bonchev–Trinajstić information content (AvgIpc) is 2.44. The first kappa shape index (κ1) is 13.4. The van der Waals surface area contributed by atoms with E-state index in [1.165, 1.54) is 0 Å². The van der Waals surface area contributed by atoms with Gasteiger partial charge in [0.05, 0.1) is 14.2 Å². The number of fused-ring (bicyclic) bond motifs is 1. The van der Waals surface area contributed by atoms with E-state index in [-0.39, 0.29) is 0 Å². The van der Waals surface area contributed by atoms with Gasteiger partial charge in [-0.05, 0) is 18.9 Å². The first-order valence-corrected chi connectivity index (χ1v) is 6.30. The van der Waals surface area contributed by atoms with Crippen LogP contribution in [0.25, 0.3) is 10.8 Å². The van der Waals surface area contributed by atoms with Crippen LogP contribution >= 0.6 is 0 Å². The van der Waals surface area contributed by atoms with E-state index in [4.69, 9.17) is 9.47 Å². The van der Waals surface area contributed by atoms with Gasteiger partial charge in [-0.2, -0.15) is 0 Å². The number of carbonyl (C=O) groups excluding carboxylic acids is 1. The number of ether oxygens (including phenoxy) is 2. The zero-order valence-electron chi connectivity index (χ0n) is 11.5. The normalized spacial score (nSPS) is 10.5. The molecule has 0 N–H and O–H groups in total. The minimum Gasteiger partial charge on any atom is -0.496 e. The van der Waals surface area contributed by atoms with Crippen molar-refractivity contribution in [2.75, 3.05) is 14.2 Å². The fraction of sp³-hybridized carbons (Fsp3) is 0.312. The zero-order chi connectivity index (χ0) is 13.8. The predicted octanol–water partition coefficient (Wildman–Crippen LogP) is 3.30. The lowest BCUT2D eigenvalue weighted by Crippen LogP contribution is -2.01. The van der Waals surface area contributed by atoms with Gasteiger partial charge in [0.25, 0.3) is 0 Å². The third-order valence-corrected chi connectivity index (χ3v) is 3.40. The average molecular weight is 258 g/mol. The maximum Gasteiger partial charge on any atom is 0.130 e. The van der Waals surface area contributed by atoms with Gasteiger partial charge in [-0.3, -0.25) is 0 Å². The van der Waals surface area contributed by atoms with Crippen molar-refractivity contribution in [3.8, 4) is 11.5 Å². The van der Waals surface area contributed by atoms with E-state index in [1.807, 2.05) is 31.2 Å². The number of carbonyl (C=O) groups is 1. The standard InChI is InChI=1S/C16H18O3/c1-11-12(9-6-10-17)16(19-3)14-8-5-4-7-13(14)15(11)18-2/h4-5,7-8,10H,6,9H2,1-3H3. The molecule has 2 aromatic carbocycles. The van der Waals surface area contributed by atoms with Crippen molar-refractivity contribution >= 4 is 17.1 Å². The molecule has 0 fully saturated rings. The molecule has 0 radical (unpaired) electrons. The van der Waals surface area contributed by atoms with Gasteiger partial charge in [0.2, 0.25) is 0 Å². The van der Waals surface area contributed by atoms with Gasteiger partial charge < -0.3 is 14.3 Å². The number of rotatable bonds is 5. The first-order chi connectivity index (χ1) is 9.24. The van der Waals surface area contributed by atoms with Gasteiger partial charge in [-0.25, -0.2) is 0 Å². The second kappa shape index (κ2) is 5.74. The van der Waals surface area contributed by atoms with E-state index in [1.54, 1.807) is 14.2 Å². The van der Waals surface area contributed by atoms with Crippen molar-refractivity contribution in [3.63, 3.8) is 0 Å². The summed E-state index contributed by atoms with van der Waals surface area (Å²) in [5, 5.41) is 2.06. The van der Waals surface area contributed by atoms with Crippen molar-refractivity contribution in [2.45, 2.75) is 19.8 Å². The lowest BCUT2D eigenvalue weighted by Gasteiger charge is -2.18. The zero-order valence-corrected chi connectivity index (χ0v) is 11.5. The van der Waals surface area contributed by atoms with E-state index >= 15 is 0 Å². The SMILES string of the molecule is COc1c(C)c(CCC=O)c(OC)c2ccccc12. The molecule has 0 heterocycles. The summed E-state index contributed by atoms with van der Waals surface area (Å²) in [4.78, 5) is 10.6. The molecule has 0 bridgehead atoms. The van der Waals surface area contributed by atoms with Crippen LogP contribution in [0.5, 0.6) is 11.5 Å². The van der Waals surface area contributed by atoms with E-state index in [0.717, 1.165) is 39.7 Å². The van der Waals surface area contributed by atoms with Gasteiger partial charge >= 0.3 is 0 Å². The highest BCUT2D eigenvalue weighted by molar-refractivity contribution is 5.96. The highest BCUT2D eigenvalue weighted by Crippen LogP contribution is 2.40. The Hall–Kier alpha value is -2.03. The van der Waals surface area contributed by atoms with Crippen LogP contribution in [0, 0.1) is 6.92 Å². The van der Waals surface area contributed by atoms with E-state index in [0.29, 0.717) is 12.8 Å². The van der Waals surface area contributed by atoms with E-state index in [2.05, 4.69) is 0 Å². The second-order valence-corrected chi connectivity index (χ2v) is 4.42. The molecule has 0 saturated heterocycles. The molecule has 19 heavy (non-hydrogen) atoms. The Bertz CT molecular complexity index is 602. The Morgan fingerprint density at radius 1 is 1.05 bits per heavy atom. The van der Waals surface area contributed by atoms with Gasteiger partial charge in [-0.15, -0.1) is 0 Å². The molecule has 3 nitrogen and oxygen atoms in total. The Balaban J connectivity index is 2.78. The molecular formula is C16H18O3.